The van der Waals surface area contributed by atoms with Crippen molar-refractivity contribution in [1.82, 2.24) is 0 Å². The van der Waals surface area contributed by atoms with Crippen LogP contribution in [0.25, 0.3) is 51.5 Å². The first-order valence-electron chi connectivity index (χ1n) is 8.80. The third-order valence-corrected chi connectivity index (χ3v) is 7.91. The van der Waals surface area contributed by atoms with Crippen molar-refractivity contribution in [3.8, 4) is 11.1 Å². The van der Waals surface area contributed by atoms with Crippen molar-refractivity contribution in [3.63, 3.8) is 0 Å². The van der Waals surface area contributed by atoms with Crippen molar-refractivity contribution in [3.05, 3.63) is 83.3 Å². The lowest BCUT2D eigenvalue weighted by molar-refractivity contribution is 1.72. The fourth-order valence-electron chi connectivity index (χ4n) is 3.83. The number of halogens is 1. The van der Waals surface area contributed by atoms with Crippen molar-refractivity contribution >= 4 is 78.9 Å². The Kier molecular flexibility index (Phi) is 3.46. The summed E-state index contributed by atoms with van der Waals surface area (Å²) in [6.45, 7) is 0. The van der Waals surface area contributed by atoms with Crippen molar-refractivity contribution < 1.29 is 0 Å². The Morgan fingerprint density at radius 3 is 1.81 bits per heavy atom. The Hall–Kier alpha value is -2.20. The lowest BCUT2D eigenvalue weighted by atomic mass is 10.0. The second-order valence-corrected chi connectivity index (χ2v) is 9.85. The Morgan fingerprint density at radius 1 is 0.481 bits per heavy atom. The fraction of sp³-hybridized carbons (Fsp3) is 0. The summed E-state index contributed by atoms with van der Waals surface area (Å²) in [5, 5.41) is 5.38. The van der Waals surface area contributed by atoms with Crippen molar-refractivity contribution in [2.45, 2.75) is 0 Å². The SMILES string of the molecule is Brc1ccc2sc3cc(-c4ccc5c(c4)sc4ccccc45)ccc3c2c1. The minimum Gasteiger partial charge on any atom is -0.135 e. The number of benzene rings is 4. The van der Waals surface area contributed by atoms with Gasteiger partial charge in [0.15, 0.2) is 0 Å². The Labute approximate surface area is 172 Å². The molecule has 0 aliphatic carbocycles. The molecule has 128 valence electrons. The second kappa shape index (κ2) is 5.90. The zero-order valence-electron chi connectivity index (χ0n) is 14.2. The summed E-state index contributed by atoms with van der Waals surface area (Å²) in [6.07, 6.45) is 0. The Morgan fingerprint density at radius 2 is 1.07 bits per heavy atom. The summed E-state index contributed by atoms with van der Waals surface area (Å²) in [4.78, 5) is 0. The van der Waals surface area contributed by atoms with Crippen LogP contribution in [0.1, 0.15) is 0 Å². The van der Waals surface area contributed by atoms with E-state index in [0.717, 1.165) is 4.47 Å². The smallest absolute Gasteiger partial charge is 0.0361 e. The minimum atomic E-state index is 1.13. The number of rotatable bonds is 1. The highest BCUT2D eigenvalue weighted by molar-refractivity contribution is 9.10. The highest BCUT2D eigenvalue weighted by Gasteiger charge is 2.09. The largest absolute Gasteiger partial charge is 0.135 e. The van der Waals surface area contributed by atoms with Gasteiger partial charge in [0.1, 0.15) is 0 Å². The van der Waals surface area contributed by atoms with E-state index >= 15 is 0 Å². The number of fused-ring (bicyclic) bond motifs is 6. The van der Waals surface area contributed by atoms with Gasteiger partial charge in [0.2, 0.25) is 0 Å². The number of hydrogen-bond donors (Lipinski definition) is 0. The molecular weight excluding hydrogens is 432 g/mol. The molecule has 2 aromatic heterocycles. The maximum absolute atomic E-state index is 3.60. The van der Waals surface area contributed by atoms with E-state index in [2.05, 4.69) is 94.8 Å². The Bertz CT molecular complexity index is 1490. The van der Waals surface area contributed by atoms with Crippen molar-refractivity contribution in [1.29, 1.82) is 0 Å². The summed E-state index contributed by atoms with van der Waals surface area (Å²) in [5.74, 6) is 0. The molecule has 0 unspecified atom stereocenters. The summed E-state index contributed by atoms with van der Waals surface area (Å²) < 4.78 is 6.53. The molecule has 4 aromatic carbocycles. The van der Waals surface area contributed by atoms with Crippen LogP contribution in [0, 0.1) is 0 Å². The molecule has 0 aliphatic rings. The molecule has 3 heteroatoms. The molecular formula is C24H13BrS2. The van der Waals surface area contributed by atoms with E-state index in [1.165, 1.54) is 51.5 Å². The van der Waals surface area contributed by atoms with E-state index in [-0.39, 0.29) is 0 Å². The van der Waals surface area contributed by atoms with Crippen LogP contribution in [0.15, 0.2) is 83.3 Å². The van der Waals surface area contributed by atoms with Gasteiger partial charge in [-0.1, -0.05) is 58.4 Å². The van der Waals surface area contributed by atoms with Gasteiger partial charge in [-0.25, -0.2) is 0 Å². The molecule has 0 N–H and O–H groups in total. The molecule has 6 rings (SSSR count). The van der Waals surface area contributed by atoms with Crippen LogP contribution in [0.4, 0.5) is 0 Å². The summed E-state index contributed by atoms with van der Waals surface area (Å²) >= 11 is 7.34. The van der Waals surface area contributed by atoms with Gasteiger partial charge in [0.05, 0.1) is 0 Å². The van der Waals surface area contributed by atoms with E-state index in [1.54, 1.807) is 0 Å². The van der Waals surface area contributed by atoms with Crippen LogP contribution in [0.3, 0.4) is 0 Å². The second-order valence-electron chi connectivity index (χ2n) is 6.76. The predicted molar refractivity (Wildman–Crippen MR) is 125 cm³/mol. The van der Waals surface area contributed by atoms with Gasteiger partial charge < -0.3 is 0 Å². The highest BCUT2D eigenvalue weighted by Crippen LogP contribution is 2.39. The number of hydrogen-bond acceptors (Lipinski definition) is 2. The van der Waals surface area contributed by atoms with Crippen LogP contribution in [-0.2, 0) is 0 Å². The van der Waals surface area contributed by atoms with Crippen molar-refractivity contribution in [2.24, 2.45) is 0 Å². The standard InChI is InChI=1S/C24H13BrS2/c25-16-7-10-22-20(13-16)19-9-6-15(12-24(19)27-22)14-5-8-18-17-3-1-2-4-21(17)26-23(18)11-14/h1-13H. The molecule has 27 heavy (non-hydrogen) atoms. The lowest BCUT2D eigenvalue weighted by Crippen LogP contribution is -1.77. The zero-order chi connectivity index (χ0) is 18.0. The van der Waals surface area contributed by atoms with E-state index in [4.69, 9.17) is 0 Å². The van der Waals surface area contributed by atoms with Gasteiger partial charge in [-0.2, -0.15) is 0 Å². The van der Waals surface area contributed by atoms with E-state index in [1.807, 2.05) is 22.7 Å². The summed E-state index contributed by atoms with van der Waals surface area (Å²) in [5.41, 5.74) is 2.57. The van der Waals surface area contributed by atoms with Crippen LogP contribution in [0.2, 0.25) is 0 Å². The van der Waals surface area contributed by atoms with E-state index in [9.17, 15) is 0 Å². The van der Waals surface area contributed by atoms with Gasteiger partial charge in [-0.3, -0.25) is 0 Å². The molecule has 0 spiro atoms. The topological polar surface area (TPSA) is 0 Å². The summed E-state index contributed by atoms with van der Waals surface area (Å²) in [6, 6.07) is 28.9. The van der Waals surface area contributed by atoms with Crippen LogP contribution in [0.5, 0.6) is 0 Å². The number of thiophene rings is 2. The quantitative estimate of drug-likeness (QED) is 0.237. The third-order valence-electron chi connectivity index (χ3n) is 5.15. The van der Waals surface area contributed by atoms with E-state index in [0.29, 0.717) is 0 Å². The van der Waals surface area contributed by atoms with Crippen LogP contribution < -0.4 is 0 Å². The molecule has 0 saturated carbocycles. The average molecular weight is 445 g/mol. The molecule has 0 radical (unpaired) electrons. The molecule has 2 heterocycles. The molecule has 0 saturated heterocycles. The van der Waals surface area contributed by atoms with Crippen LogP contribution in [-0.4, -0.2) is 0 Å². The van der Waals surface area contributed by atoms with Gasteiger partial charge in [-0.15, -0.1) is 22.7 Å². The first kappa shape index (κ1) is 15.8. The highest BCUT2D eigenvalue weighted by atomic mass is 79.9. The average Bonchev–Trinajstić information content (AvgIpc) is 3.24. The predicted octanol–water partition coefficient (Wildman–Crippen LogP) is 8.85. The summed E-state index contributed by atoms with van der Waals surface area (Å²) in [7, 11) is 0. The lowest BCUT2D eigenvalue weighted by Gasteiger charge is -2.03. The van der Waals surface area contributed by atoms with Gasteiger partial charge in [-0.05, 0) is 47.5 Å². The monoisotopic (exact) mass is 444 g/mol. The zero-order valence-corrected chi connectivity index (χ0v) is 17.4. The Balaban J connectivity index is 1.55. The maximum atomic E-state index is 3.60. The van der Waals surface area contributed by atoms with E-state index < -0.39 is 0 Å². The normalized spacial score (nSPS) is 11.9. The van der Waals surface area contributed by atoms with Gasteiger partial charge in [0.25, 0.3) is 0 Å². The molecule has 0 amide bonds. The molecule has 6 aromatic rings. The maximum Gasteiger partial charge on any atom is 0.0361 e. The molecule has 0 bridgehead atoms. The molecule has 0 atom stereocenters. The molecule has 0 nitrogen and oxygen atoms in total. The van der Waals surface area contributed by atoms with Crippen molar-refractivity contribution in [2.75, 3.05) is 0 Å². The van der Waals surface area contributed by atoms with Gasteiger partial charge >= 0.3 is 0 Å². The molecule has 0 fully saturated rings. The molecule has 0 aliphatic heterocycles. The first-order chi connectivity index (χ1) is 13.3. The minimum absolute atomic E-state index is 1.13. The fourth-order valence-corrected chi connectivity index (χ4v) is 6.47. The van der Waals surface area contributed by atoms with Crippen LogP contribution >= 0.6 is 38.6 Å². The third kappa shape index (κ3) is 2.46. The first-order valence-corrected chi connectivity index (χ1v) is 11.2. The van der Waals surface area contributed by atoms with Gasteiger partial charge in [0, 0.05) is 44.8 Å².